The third-order valence-electron chi connectivity index (χ3n) is 15.8. The molecule has 11 rings (SSSR count). The molecule has 62 heavy (non-hydrogen) atoms. The number of hydrogen-bond acceptors (Lipinski definition) is 8. The van der Waals surface area contributed by atoms with E-state index in [0.29, 0.717) is 61.0 Å². The number of rotatable bonds is 7. The summed E-state index contributed by atoms with van der Waals surface area (Å²) in [6.45, 7) is 5.29. The van der Waals surface area contributed by atoms with Gasteiger partial charge in [0.25, 0.3) is 11.5 Å². The summed E-state index contributed by atoms with van der Waals surface area (Å²) in [5, 5.41) is 3.33. The fourth-order valence-corrected chi connectivity index (χ4v) is 12.5. The van der Waals surface area contributed by atoms with Crippen LogP contribution in [-0.4, -0.2) is 93.3 Å². The normalized spacial score (nSPS) is 22.8. The van der Waals surface area contributed by atoms with Crippen molar-refractivity contribution in [3.8, 4) is 11.4 Å². The Hall–Kier alpha value is -5.07. The zero-order valence-electron chi connectivity index (χ0n) is 35.2. The number of fused-ring (bicyclic) bond motifs is 11. The van der Waals surface area contributed by atoms with Gasteiger partial charge in [-0.25, -0.2) is 0 Å². The molecule has 0 unspecified atom stereocenters. The Labute approximate surface area is 365 Å². The van der Waals surface area contributed by atoms with Gasteiger partial charge >= 0.3 is 0 Å². The highest BCUT2D eigenvalue weighted by atomic mass is 35.5. The maximum absolute atomic E-state index is 13.4. The Morgan fingerprint density at radius 3 is 2.48 bits per heavy atom. The number of hydrogen-bond donors (Lipinski definition) is 1. The summed E-state index contributed by atoms with van der Waals surface area (Å²) in [5.74, 6) is 1.45. The first-order chi connectivity index (χ1) is 30.1. The van der Waals surface area contributed by atoms with Crippen LogP contribution in [0.25, 0.3) is 16.6 Å². The van der Waals surface area contributed by atoms with Crippen LogP contribution in [-0.2, 0) is 31.8 Å². The van der Waals surface area contributed by atoms with Crippen LogP contribution in [0, 0.1) is 0 Å². The number of ether oxygens (including phenoxy) is 1. The van der Waals surface area contributed by atoms with Crippen LogP contribution in [0.3, 0.4) is 0 Å². The molecule has 3 saturated heterocycles. The summed E-state index contributed by atoms with van der Waals surface area (Å²) in [5.41, 5.74) is 6.55. The largest absolute Gasteiger partial charge is 0.492 e. The van der Waals surface area contributed by atoms with Gasteiger partial charge in [0.1, 0.15) is 17.6 Å². The van der Waals surface area contributed by atoms with Crippen molar-refractivity contribution in [1.82, 2.24) is 29.6 Å². The summed E-state index contributed by atoms with van der Waals surface area (Å²) in [6.07, 6.45) is 12.3. The molecule has 1 atom stereocenters. The van der Waals surface area contributed by atoms with Crippen molar-refractivity contribution in [1.29, 1.82) is 0 Å². The minimum atomic E-state index is -0.659. The Kier molecular flexibility index (Phi) is 9.83. The molecule has 3 aromatic carbocycles. The molecular formula is C49H53ClN6O6. The Balaban J connectivity index is 0.673. The fourth-order valence-electron chi connectivity index (χ4n) is 12.3. The topological polar surface area (TPSA) is 134 Å². The molecule has 13 heteroatoms. The lowest BCUT2D eigenvalue weighted by molar-refractivity contribution is -0.137. The van der Waals surface area contributed by atoms with E-state index in [1.54, 1.807) is 11.0 Å². The van der Waals surface area contributed by atoms with Gasteiger partial charge in [0, 0.05) is 48.0 Å². The summed E-state index contributed by atoms with van der Waals surface area (Å²) in [4.78, 5) is 75.4. The Morgan fingerprint density at radius 2 is 1.69 bits per heavy atom. The lowest BCUT2D eigenvalue weighted by Crippen LogP contribution is -2.52. The van der Waals surface area contributed by atoms with E-state index in [4.69, 9.17) is 21.3 Å². The van der Waals surface area contributed by atoms with Gasteiger partial charge in [-0.15, -0.1) is 0 Å². The van der Waals surface area contributed by atoms with Crippen molar-refractivity contribution in [3.05, 3.63) is 97.5 Å². The average Bonchev–Trinajstić information content (AvgIpc) is 3.90. The van der Waals surface area contributed by atoms with Gasteiger partial charge in [-0.1, -0.05) is 55.1 Å². The second kappa shape index (κ2) is 15.3. The number of nitrogens with one attached hydrogen (secondary N) is 1. The van der Waals surface area contributed by atoms with E-state index in [-0.39, 0.29) is 40.5 Å². The number of aromatic nitrogens is 2. The molecule has 7 aliphatic rings. The Bertz CT molecular complexity index is 2600. The molecule has 4 amide bonds. The van der Waals surface area contributed by atoms with E-state index in [0.717, 1.165) is 118 Å². The van der Waals surface area contributed by atoms with E-state index in [1.165, 1.54) is 17.5 Å². The van der Waals surface area contributed by atoms with Gasteiger partial charge in [0.15, 0.2) is 0 Å². The van der Waals surface area contributed by atoms with Gasteiger partial charge in [0.05, 0.1) is 40.2 Å². The zero-order valence-corrected chi connectivity index (χ0v) is 35.9. The smallest absolute Gasteiger partial charge is 0.282 e. The molecule has 1 aromatic heterocycles. The molecule has 322 valence electrons. The number of halogens is 1. The predicted octanol–water partition coefficient (Wildman–Crippen LogP) is 6.67. The van der Waals surface area contributed by atoms with Crippen molar-refractivity contribution in [3.63, 3.8) is 0 Å². The molecule has 7 heterocycles. The molecule has 12 nitrogen and oxygen atoms in total. The van der Waals surface area contributed by atoms with Crippen LogP contribution in [0.2, 0.25) is 5.02 Å². The lowest BCUT2D eigenvalue weighted by Gasteiger charge is -2.38. The van der Waals surface area contributed by atoms with Gasteiger partial charge in [-0.05, 0) is 119 Å². The lowest BCUT2D eigenvalue weighted by atomic mass is 9.69. The van der Waals surface area contributed by atoms with E-state index in [2.05, 4.69) is 33.0 Å². The zero-order chi connectivity index (χ0) is 42.3. The van der Waals surface area contributed by atoms with Gasteiger partial charge < -0.3 is 19.4 Å². The molecule has 1 aliphatic carbocycles. The molecule has 4 fully saturated rings. The van der Waals surface area contributed by atoms with Crippen LogP contribution in [0.15, 0.2) is 53.3 Å². The molecule has 0 bridgehead atoms. The van der Waals surface area contributed by atoms with Gasteiger partial charge in [-0.3, -0.25) is 33.9 Å². The predicted molar refractivity (Wildman–Crippen MR) is 234 cm³/mol. The van der Waals surface area contributed by atoms with Crippen LogP contribution < -0.4 is 15.6 Å². The van der Waals surface area contributed by atoms with Crippen LogP contribution in [0.4, 0.5) is 0 Å². The monoisotopic (exact) mass is 856 g/mol. The number of unbranched alkanes of at least 4 members (excludes halogenated alkanes) is 1. The molecule has 4 aromatic rings. The van der Waals surface area contributed by atoms with Crippen molar-refractivity contribution in [2.75, 3.05) is 39.3 Å². The summed E-state index contributed by atoms with van der Waals surface area (Å²) < 4.78 is 8.57. The Morgan fingerprint density at radius 1 is 0.887 bits per heavy atom. The van der Waals surface area contributed by atoms with Crippen LogP contribution in [0.5, 0.6) is 5.75 Å². The average molecular weight is 857 g/mol. The molecule has 2 spiro atoms. The maximum atomic E-state index is 13.4. The molecule has 1 saturated carbocycles. The SMILES string of the molecule is O=C1CC[C@H](N2Cc3c(ccc4c3OCC43CCN(C(=O)CCCCN4CCC(c5ccc6c(c5)C5(CCCCC5)c5nc(=O)c7c(Cl)cccc7n5-6)CC4)CC3)C2=O)C(=O)N1. The number of carbonyl (C=O) groups excluding carboxylic acids is 4. The molecule has 6 aliphatic heterocycles. The van der Waals surface area contributed by atoms with E-state index < -0.39 is 11.9 Å². The van der Waals surface area contributed by atoms with E-state index in [9.17, 15) is 24.0 Å². The van der Waals surface area contributed by atoms with E-state index >= 15 is 0 Å². The number of likely N-dealkylation sites (tertiary alicyclic amines) is 2. The number of carbonyl (C=O) groups is 4. The van der Waals surface area contributed by atoms with E-state index in [1.807, 2.05) is 29.2 Å². The molecule has 1 N–H and O–H groups in total. The van der Waals surface area contributed by atoms with Gasteiger partial charge in [0.2, 0.25) is 17.7 Å². The van der Waals surface area contributed by atoms with Crippen molar-refractivity contribution in [2.24, 2.45) is 0 Å². The quantitative estimate of drug-likeness (QED) is 0.161. The number of piperidine rings is 3. The fraction of sp³-hybridized carbons (Fsp3) is 0.510. The number of imide groups is 1. The van der Waals surface area contributed by atoms with Crippen LogP contribution >= 0.6 is 11.6 Å². The highest BCUT2D eigenvalue weighted by molar-refractivity contribution is 6.35. The third kappa shape index (κ3) is 6.32. The molecular weight excluding hydrogens is 804 g/mol. The van der Waals surface area contributed by atoms with Crippen molar-refractivity contribution in [2.45, 2.75) is 119 Å². The first-order valence-corrected chi connectivity index (χ1v) is 23.3. The molecule has 0 radical (unpaired) electrons. The number of benzene rings is 3. The standard InChI is InChI=1S/C49H53ClN6O6/c50-36-7-6-8-38-42(36)45(60)52-47-49(18-3-1-4-19-49)35-27-31(10-13-37(35)56(38)47)30-16-23-53(24-17-30)22-5-2-9-41(58)54-25-20-48(21-26-54)29-62-43-33-28-55(39-14-15-40(57)51-44(39)59)46(61)32(33)11-12-34(43)48/h6-8,10-13,27,30,39H,1-5,9,14-26,28-29H2,(H,51,57,59)/t39-/m0/s1. The van der Waals surface area contributed by atoms with Crippen molar-refractivity contribution >= 4 is 46.1 Å². The first-order valence-electron chi connectivity index (χ1n) is 22.9. The summed E-state index contributed by atoms with van der Waals surface area (Å²) >= 11 is 6.57. The second-order valence-electron chi connectivity index (χ2n) is 19.0. The summed E-state index contributed by atoms with van der Waals surface area (Å²) in [6, 6.07) is 16.0. The maximum Gasteiger partial charge on any atom is 0.282 e. The second-order valence-corrected chi connectivity index (χ2v) is 19.4. The van der Waals surface area contributed by atoms with Crippen molar-refractivity contribution < 1.29 is 23.9 Å². The number of amides is 4. The highest BCUT2D eigenvalue weighted by Gasteiger charge is 2.49. The minimum absolute atomic E-state index is 0.192. The minimum Gasteiger partial charge on any atom is -0.492 e. The summed E-state index contributed by atoms with van der Waals surface area (Å²) in [7, 11) is 0. The first kappa shape index (κ1) is 39.8. The van der Waals surface area contributed by atoms with Gasteiger partial charge in [-0.2, -0.15) is 4.98 Å². The van der Waals surface area contributed by atoms with Crippen LogP contribution in [0.1, 0.15) is 134 Å². The number of nitrogens with zero attached hydrogens (tertiary/aromatic N) is 5. The highest BCUT2D eigenvalue weighted by Crippen LogP contribution is 2.53. The third-order valence-corrected chi connectivity index (χ3v) is 16.1.